The largest absolute Gasteiger partial charge is 0.496 e. The number of thiophene rings is 1. The minimum atomic E-state index is -0.0388. The third-order valence-electron chi connectivity index (χ3n) is 3.45. The van der Waals surface area contributed by atoms with Crippen molar-refractivity contribution in [2.24, 2.45) is 0 Å². The van der Waals surface area contributed by atoms with Gasteiger partial charge in [0.25, 0.3) is 0 Å². The van der Waals surface area contributed by atoms with Crippen LogP contribution in [0.4, 0.5) is 5.69 Å². The van der Waals surface area contributed by atoms with Gasteiger partial charge in [0, 0.05) is 29.7 Å². The van der Waals surface area contributed by atoms with E-state index in [-0.39, 0.29) is 11.7 Å². The summed E-state index contributed by atoms with van der Waals surface area (Å²) in [5, 5.41) is 1.80. The van der Waals surface area contributed by atoms with Gasteiger partial charge in [-0.15, -0.1) is 11.3 Å². The van der Waals surface area contributed by atoms with Gasteiger partial charge in [-0.3, -0.25) is 9.59 Å². The van der Waals surface area contributed by atoms with Crippen LogP contribution in [0.25, 0.3) is 0 Å². The molecule has 0 N–H and O–H groups in total. The number of hydrogen-bond acceptors (Lipinski definition) is 4. The number of fused-ring (bicyclic) bond motifs is 1. The molecule has 0 saturated heterocycles. The standard InChI is InChI=1S/C15H13NO3S/c1-16-12-4-3-9(5-10(12)6-14(16)17)15(18)13-7-11(19-2)8-20-13/h3-5,7-8H,6H2,1-2H3. The maximum Gasteiger partial charge on any atom is 0.231 e. The normalized spacial score (nSPS) is 13.5. The van der Waals surface area contributed by atoms with Crippen molar-refractivity contribution in [1.82, 2.24) is 0 Å². The van der Waals surface area contributed by atoms with Gasteiger partial charge in [0.15, 0.2) is 0 Å². The number of methoxy groups -OCH3 is 1. The van der Waals surface area contributed by atoms with Crippen molar-refractivity contribution in [2.45, 2.75) is 6.42 Å². The highest BCUT2D eigenvalue weighted by molar-refractivity contribution is 7.12. The predicted octanol–water partition coefficient (Wildman–Crippen LogP) is 2.51. The lowest BCUT2D eigenvalue weighted by molar-refractivity contribution is -0.117. The summed E-state index contributed by atoms with van der Waals surface area (Å²) >= 11 is 1.36. The molecule has 3 rings (SSSR count). The molecule has 102 valence electrons. The van der Waals surface area contributed by atoms with Crippen molar-refractivity contribution in [2.75, 3.05) is 19.1 Å². The number of likely N-dealkylation sites (N-methyl/N-ethyl adjacent to an activating group) is 1. The third kappa shape index (κ3) is 2.00. The molecular weight excluding hydrogens is 274 g/mol. The van der Waals surface area contributed by atoms with E-state index in [0.717, 1.165) is 11.3 Å². The minimum absolute atomic E-state index is 0.0388. The number of anilines is 1. The van der Waals surface area contributed by atoms with Gasteiger partial charge < -0.3 is 9.64 Å². The highest BCUT2D eigenvalue weighted by atomic mass is 32.1. The summed E-state index contributed by atoms with van der Waals surface area (Å²) in [7, 11) is 3.33. The van der Waals surface area contributed by atoms with Crippen molar-refractivity contribution < 1.29 is 14.3 Å². The Labute approximate surface area is 120 Å². The van der Waals surface area contributed by atoms with Crippen LogP contribution in [0, 0.1) is 0 Å². The zero-order valence-electron chi connectivity index (χ0n) is 11.2. The molecule has 1 amide bonds. The van der Waals surface area contributed by atoms with Crippen LogP contribution >= 0.6 is 11.3 Å². The molecule has 0 saturated carbocycles. The number of rotatable bonds is 3. The molecule has 2 heterocycles. The number of carbonyl (C=O) groups is 2. The zero-order chi connectivity index (χ0) is 14.3. The maximum atomic E-state index is 12.4. The smallest absolute Gasteiger partial charge is 0.231 e. The van der Waals surface area contributed by atoms with E-state index in [4.69, 9.17) is 4.74 Å². The molecule has 1 aliphatic heterocycles. The van der Waals surface area contributed by atoms with Crippen molar-refractivity contribution in [1.29, 1.82) is 0 Å². The van der Waals surface area contributed by atoms with Crippen LogP contribution in [0.15, 0.2) is 29.6 Å². The van der Waals surface area contributed by atoms with Crippen molar-refractivity contribution in [3.05, 3.63) is 45.6 Å². The quantitative estimate of drug-likeness (QED) is 0.815. The van der Waals surface area contributed by atoms with Crippen LogP contribution in [0.1, 0.15) is 20.8 Å². The van der Waals surface area contributed by atoms with Gasteiger partial charge in [-0.25, -0.2) is 0 Å². The SMILES string of the molecule is COc1csc(C(=O)c2ccc3c(c2)CC(=O)N3C)c1. The van der Waals surface area contributed by atoms with Gasteiger partial charge in [-0.2, -0.15) is 0 Å². The zero-order valence-corrected chi connectivity index (χ0v) is 12.0. The van der Waals surface area contributed by atoms with Gasteiger partial charge >= 0.3 is 0 Å². The fourth-order valence-corrected chi connectivity index (χ4v) is 3.12. The predicted molar refractivity (Wildman–Crippen MR) is 77.9 cm³/mol. The third-order valence-corrected chi connectivity index (χ3v) is 4.36. The van der Waals surface area contributed by atoms with Crippen molar-refractivity contribution in [3.8, 4) is 5.75 Å². The summed E-state index contributed by atoms with van der Waals surface area (Å²) in [6.45, 7) is 0. The van der Waals surface area contributed by atoms with E-state index < -0.39 is 0 Å². The fraction of sp³-hybridized carbons (Fsp3) is 0.200. The molecule has 5 heteroatoms. The van der Waals surface area contributed by atoms with Gasteiger partial charge in [0.2, 0.25) is 11.7 Å². The minimum Gasteiger partial charge on any atom is -0.496 e. The van der Waals surface area contributed by atoms with Crippen molar-refractivity contribution >= 4 is 28.7 Å². The van der Waals surface area contributed by atoms with Gasteiger partial charge in [0.1, 0.15) is 5.75 Å². The Kier molecular flexibility index (Phi) is 3.06. The summed E-state index contributed by atoms with van der Waals surface area (Å²) in [5.41, 5.74) is 2.40. The Morgan fingerprint density at radius 1 is 1.35 bits per heavy atom. The van der Waals surface area contributed by atoms with Crippen LogP contribution in [0.5, 0.6) is 5.75 Å². The van der Waals surface area contributed by atoms with E-state index in [2.05, 4.69) is 0 Å². The summed E-state index contributed by atoms with van der Waals surface area (Å²) in [4.78, 5) is 26.3. The first-order chi connectivity index (χ1) is 9.60. The number of benzene rings is 1. The van der Waals surface area contributed by atoms with Crippen LogP contribution < -0.4 is 9.64 Å². The fourth-order valence-electron chi connectivity index (χ4n) is 2.30. The molecule has 0 bridgehead atoms. The Balaban J connectivity index is 1.94. The molecular formula is C15H13NO3S. The molecule has 0 unspecified atom stereocenters. The summed E-state index contributed by atoms with van der Waals surface area (Å²) in [6.07, 6.45) is 0.362. The van der Waals surface area contributed by atoms with Crippen molar-refractivity contribution in [3.63, 3.8) is 0 Å². The highest BCUT2D eigenvalue weighted by Gasteiger charge is 2.25. The number of amides is 1. The number of ketones is 1. The number of carbonyl (C=O) groups excluding carboxylic acids is 2. The van der Waals surface area contributed by atoms with Gasteiger partial charge in [0.05, 0.1) is 18.4 Å². The maximum absolute atomic E-state index is 12.4. The van der Waals surface area contributed by atoms with Gasteiger partial charge in [-0.05, 0) is 23.8 Å². The topological polar surface area (TPSA) is 46.6 Å². The lowest BCUT2D eigenvalue weighted by Crippen LogP contribution is -2.20. The molecule has 20 heavy (non-hydrogen) atoms. The average molecular weight is 287 g/mol. The second-order valence-electron chi connectivity index (χ2n) is 4.65. The van der Waals surface area contributed by atoms with Crippen LogP contribution in [-0.4, -0.2) is 25.8 Å². The van der Waals surface area contributed by atoms with Crippen LogP contribution in [0.3, 0.4) is 0 Å². The Hall–Kier alpha value is -2.14. The number of nitrogens with zero attached hydrogens (tertiary/aromatic N) is 1. The van der Waals surface area contributed by atoms with Crippen LogP contribution in [-0.2, 0) is 11.2 Å². The molecule has 0 spiro atoms. The molecule has 0 radical (unpaired) electrons. The van der Waals surface area contributed by atoms with E-state index >= 15 is 0 Å². The van der Waals surface area contributed by atoms with E-state index in [1.54, 1.807) is 36.6 Å². The Bertz CT molecular complexity index is 705. The molecule has 2 aromatic rings. The molecule has 1 aromatic carbocycles. The van der Waals surface area contributed by atoms with E-state index in [1.165, 1.54) is 11.3 Å². The lowest BCUT2D eigenvalue weighted by atomic mass is 10.0. The molecule has 0 aliphatic carbocycles. The summed E-state index contributed by atoms with van der Waals surface area (Å²) in [6, 6.07) is 7.14. The molecule has 0 atom stereocenters. The number of ether oxygens (including phenoxy) is 1. The van der Waals surface area contributed by atoms with E-state index in [9.17, 15) is 9.59 Å². The second-order valence-corrected chi connectivity index (χ2v) is 5.56. The highest BCUT2D eigenvalue weighted by Crippen LogP contribution is 2.30. The number of hydrogen-bond donors (Lipinski definition) is 0. The van der Waals surface area contributed by atoms with Gasteiger partial charge in [-0.1, -0.05) is 0 Å². The Morgan fingerprint density at radius 3 is 2.85 bits per heavy atom. The lowest BCUT2D eigenvalue weighted by Gasteiger charge is -2.09. The average Bonchev–Trinajstić information content (AvgIpc) is 3.04. The second kappa shape index (κ2) is 4.76. The van der Waals surface area contributed by atoms with Crippen LogP contribution in [0.2, 0.25) is 0 Å². The first-order valence-electron chi connectivity index (χ1n) is 6.17. The Morgan fingerprint density at radius 2 is 2.15 bits per heavy atom. The van der Waals surface area contributed by atoms with E-state index in [1.807, 2.05) is 12.1 Å². The molecule has 4 nitrogen and oxygen atoms in total. The van der Waals surface area contributed by atoms with E-state index in [0.29, 0.717) is 22.6 Å². The monoisotopic (exact) mass is 287 g/mol. The first kappa shape index (κ1) is 12.9. The molecule has 1 aliphatic rings. The summed E-state index contributed by atoms with van der Waals surface area (Å²) in [5.74, 6) is 0.708. The first-order valence-corrected chi connectivity index (χ1v) is 7.05. The molecule has 1 aromatic heterocycles. The summed E-state index contributed by atoms with van der Waals surface area (Å²) < 4.78 is 5.09. The molecule has 0 fully saturated rings.